The summed E-state index contributed by atoms with van der Waals surface area (Å²) in [6.07, 6.45) is 4.53. The predicted octanol–water partition coefficient (Wildman–Crippen LogP) is 0.604. The fraction of sp³-hybridized carbons (Fsp3) is 0.769. The quantitative estimate of drug-likeness (QED) is 0.835. The van der Waals surface area contributed by atoms with Crippen molar-refractivity contribution in [1.29, 1.82) is 0 Å². The summed E-state index contributed by atoms with van der Waals surface area (Å²) in [6, 6.07) is -0.466. The molecule has 2 heterocycles. The van der Waals surface area contributed by atoms with E-state index in [0.29, 0.717) is 6.54 Å². The van der Waals surface area contributed by atoms with Crippen LogP contribution in [0.3, 0.4) is 0 Å². The zero-order valence-corrected chi connectivity index (χ0v) is 11.7. The van der Waals surface area contributed by atoms with E-state index in [2.05, 4.69) is 20.1 Å². The van der Waals surface area contributed by atoms with Gasteiger partial charge in [-0.05, 0) is 18.8 Å². The smallest absolute Gasteiger partial charge is 0.237 e. The van der Waals surface area contributed by atoms with Crippen LogP contribution in [0.5, 0.6) is 0 Å². The fourth-order valence-electron chi connectivity index (χ4n) is 2.26. The van der Waals surface area contributed by atoms with E-state index in [1.54, 1.807) is 0 Å². The number of carbonyl (C=O) groups excluding carboxylic acids is 1. The van der Waals surface area contributed by atoms with Crippen LogP contribution < -0.4 is 11.1 Å². The minimum Gasteiger partial charge on any atom is -0.347 e. The molecule has 0 saturated carbocycles. The van der Waals surface area contributed by atoms with Gasteiger partial charge < -0.3 is 15.6 Å². The number of hydrogen-bond acceptors (Lipinski definition) is 4. The summed E-state index contributed by atoms with van der Waals surface area (Å²) in [5.41, 5.74) is 5.81. The maximum absolute atomic E-state index is 11.8. The molecule has 0 aromatic carbocycles. The Morgan fingerprint density at radius 1 is 1.37 bits per heavy atom. The molecule has 6 nitrogen and oxygen atoms in total. The monoisotopic (exact) mass is 265 g/mol. The summed E-state index contributed by atoms with van der Waals surface area (Å²) >= 11 is 0. The Kier molecular flexibility index (Phi) is 4.52. The number of amides is 1. The van der Waals surface area contributed by atoms with Crippen LogP contribution in [-0.2, 0) is 24.3 Å². The average Bonchev–Trinajstić information content (AvgIpc) is 2.62. The van der Waals surface area contributed by atoms with Gasteiger partial charge in [0.2, 0.25) is 5.91 Å². The van der Waals surface area contributed by atoms with Gasteiger partial charge in [0.25, 0.3) is 0 Å². The normalized spacial score (nSPS) is 16.8. The van der Waals surface area contributed by atoms with Gasteiger partial charge in [0.1, 0.15) is 5.82 Å². The zero-order chi connectivity index (χ0) is 13.8. The van der Waals surface area contributed by atoms with Gasteiger partial charge in [0.15, 0.2) is 5.82 Å². The highest BCUT2D eigenvalue weighted by atomic mass is 16.2. The highest BCUT2D eigenvalue weighted by Crippen LogP contribution is 2.14. The van der Waals surface area contributed by atoms with Crippen LogP contribution in [0.2, 0.25) is 0 Å². The van der Waals surface area contributed by atoms with E-state index < -0.39 is 6.04 Å². The van der Waals surface area contributed by atoms with E-state index in [9.17, 15) is 4.79 Å². The molecule has 1 aromatic heterocycles. The third kappa shape index (κ3) is 3.32. The van der Waals surface area contributed by atoms with E-state index in [4.69, 9.17) is 5.73 Å². The molecule has 2 rings (SSSR count). The Morgan fingerprint density at radius 2 is 2.16 bits per heavy atom. The molecule has 3 N–H and O–H groups in total. The molecule has 106 valence electrons. The van der Waals surface area contributed by atoms with Crippen LogP contribution in [-0.4, -0.2) is 26.7 Å². The molecule has 6 heteroatoms. The van der Waals surface area contributed by atoms with E-state index in [0.717, 1.165) is 31.0 Å². The number of nitrogens with two attached hydrogens (primary N) is 1. The summed E-state index contributed by atoms with van der Waals surface area (Å²) < 4.78 is 2.13. The average molecular weight is 265 g/mol. The molecule has 1 unspecified atom stereocenters. The first-order chi connectivity index (χ1) is 9.09. The lowest BCUT2D eigenvalue weighted by molar-refractivity contribution is -0.123. The van der Waals surface area contributed by atoms with E-state index in [1.165, 1.54) is 12.8 Å². The van der Waals surface area contributed by atoms with Crippen molar-refractivity contribution in [2.45, 2.75) is 58.7 Å². The standard InChI is InChI=1S/C13H23N5O/c1-9(2)12(14)13(19)15-8-11-17-16-10-6-4-3-5-7-18(10)11/h9,12H,3-8,14H2,1-2H3,(H,15,19). The van der Waals surface area contributed by atoms with Crippen LogP contribution in [0, 0.1) is 5.92 Å². The molecule has 0 fully saturated rings. The van der Waals surface area contributed by atoms with Gasteiger partial charge in [0.05, 0.1) is 12.6 Å². The van der Waals surface area contributed by atoms with Gasteiger partial charge in [0, 0.05) is 13.0 Å². The van der Waals surface area contributed by atoms with Crippen molar-refractivity contribution < 1.29 is 4.79 Å². The number of hydrogen-bond donors (Lipinski definition) is 2. The first-order valence-electron chi connectivity index (χ1n) is 7.04. The van der Waals surface area contributed by atoms with Crippen molar-refractivity contribution in [2.75, 3.05) is 0 Å². The third-order valence-corrected chi connectivity index (χ3v) is 3.63. The summed E-state index contributed by atoms with van der Waals surface area (Å²) in [7, 11) is 0. The highest BCUT2D eigenvalue weighted by Gasteiger charge is 2.19. The van der Waals surface area contributed by atoms with E-state index in [-0.39, 0.29) is 11.8 Å². The Hall–Kier alpha value is -1.43. The van der Waals surface area contributed by atoms with Crippen molar-refractivity contribution in [2.24, 2.45) is 11.7 Å². The fourth-order valence-corrected chi connectivity index (χ4v) is 2.26. The van der Waals surface area contributed by atoms with Crippen molar-refractivity contribution in [3.05, 3.63) is 11.6 Å². The molecule has 0 radical (unpaired) electrons. The van der Waals surface area contributed by atoms with Gasteiger partial charge in [-0.2, -0.15) is 0 Å². The van der Waals surface area contributed by atoms with Crippen molar-refractivity contribution in [3.63, 3.8) is 0 Å². The number of aromatic nitrogens is 3. The molecule has 0 spiro atoms. The summed E-state index contributed by atoms with van der Waals surface area (Å²) in [5, 5.41) is 11.2. The maximum Gasteiger partial charge on any atom is 0.237 e. The minimum absolute atomic E-state index is 0.124. The number of rotatable bonds is 4. The number of nitrogens with one attached hydrogen (secondary N) is 1. The van der Waals surface area contributed by atoms with Crippen LogP contribution >= 0.6 is 0 Å². The lowest BCUT2D eigenvalue weighted by atomic mass is 10.1. The Balaban J connectivity index is 1.97. The molecule has 0 saturated heterocycles. The van der Waals surface area contributed by atoms with Crippen molar-refractivity contribution >= 4 is 5.91 Å². The molecule has 0 bridgehead atoms. The maximum atomic E-state index is 11.8. The van der Waals surface area contributed by atoms with Gasteiger partial charge >= 0.3 is 0 Å². The van der Waals surface area contributed by atoms with Crippen LogP contribution in [0.1, 0.15) is 44.8 Å². The highest BCUT2D eigenvalue weighted by molar-refractivity contribution is 5.81. The first-order valence-corrected chi connectivity index (χ1v) is 7.04. The Morgan fingerprint density at radius 3 is 2.89 bits per heavy atom. The second kappa shape index (κ2) is 6.14. The van der Waals surface area contributed by atoms with E-state index in [1.807, 2.05) is 13.8 Å². The second-order valence-corrected chi connectivity index (χ2v) is 5.48. The molecule has 19 heavy (non-hydrogen) atoms. The summed E-state index contributed by atoms with van der Waals surface area (Å²) in [4.78, 5) is 11.8. The number of carbonyl (C=O) groups is 1. The lowest BCUT2D eigenvalue weighted by Gasteiger charge is -2.15. The molecule has 1 atom stereocenters. The summed E-state index contributed by atoms with van der Waals surface area (Å²) in [6.45, 7) is 5.23. The van der Waals surface area contributed by atoms with Gasteiger partial charge in [-0.3, -0.25) is 4.79 Å². The van der Waals surface area contributed by atoms with E-state index >= 15 is 0 Å². The molecular formula is C13H23N5O. The lowest BCUT2D eigenvalue weighted by Crippen LogP contribution is -2.43. The van der Waals surface area contributed by atoms with Crippen molar-refractivity contribution in [1.82, 2.24) is 20.1 Å². The van der Waals surface area contributed by atoms with Gasteiger partial charge in [-0.25, -0.2) is 0 Å². The third-order valence-electron chi connectivity index (χ3n) is 3.63. The predicted molar refractivity (Wildman–Crippen MR) is 72.2 cm³/mol. The van der Waals surface area contributed by atoms with Crippen LogP contribution in [0.25, 0.3) is 0 Å². The molecule has 1 aromatic rings. The van der Waals surface area contributed by atoms with Gasteiger partial charge in [-0.1, -0.05) is 20.3 Å². The second-order valence-electron chi connectivity index (χ2n) is 5.48. The largest absolute Gasteiger partial charge is 0.347 e. The van der Waals surface area contributed by atoms with Crippen LogP contribution in [0.15, 0.2) is 0 Å². The molecule has 1 aliphatic rings. The van der Waals surface area contributed by atoms with Crippen molar-refractivity contribution in [3.8, 4) is 0 Å². The molecule has 0 aliphatic carbocycles. The number of fused-ring (bicyclic) bond motifs is 1. The zero-order valence-electron chi connectivity index (χ0n) is 11.7. The van der Waals surface area contributed by atoms with Crippen LogP contribution in [0.4, 0.5) is 0 Å². The SMILES string of the molecule is CC(C)C(N)C(=O)NCc1nnc2n1CCCCC2. The minimum atomic E-state index is -0.466. The number of aryl methyl sites for hydroxylation is 1. The Labute approximate surface area is 113 Å². The summed E-state index contributed by atoms with van der Waals surface area (Å²) in [5.74, 6) is 1.88. The Bertz CT molecular complexity index is 440. The molecule has 1 amide bonds. The molecular weight excluding hydrogens is 242 g/mol. The topological polar surface area (TPSA) is 85.8 Å². The van der Waals surface area contributed by atoms with Gasteiger partial charge in [-0.15, -0.1) is 10.2 Å². The molecule has 1 aliphatic heterocycles. The first kappa shape index (κ1) is 14.0. The number of nitrogens with zero attached hydrogens (tertiary/aromatic N) is 3.